The first-order valence-electron chi connectivity index (χ1n) is 13.2. The normalized spacial score (nSPS) is 19.5. The Morgan fingerprint density at radius 2 is 1.70 bits per heavy atom. The first kappa shape index (κ1) is 31.0. The number of phenols is 1. The number of likely N-dealkylation sites (tertiary alicyclic amines) is 1. The molecule has 1 saturated heterocycles. The lowest BCUT2D eigenvalue weighted by atomic mass is 9.81. The van der Waals surface area contributed by atoms with Gasteiger partial charge in [-0.15, -0.1) is 0 Å². The first-order valence-corrected chi connectivity index (χ1v) is 13.2. The summed E-state index contributed by atoms with van der Waals surface area (Å²) in [7, 11) is 0. The third-order valence-electron chi connectivity index (χ3n) is 7.43. The molecular formula is C30H39F2N3O5. The van der Waals surface area contributed by atoms with E-state index in [1.165, 1.54) is 32.0 Å². The Labute approximate surface area is 233 Å². The van der Waals surface area contributed by atoms with Gasteiger partial charge in [-0.2, -0.15) is 0 Å². The maximum atomic E-state index is 15.2. The van der Waals surface area contributed by atoms with Gasteiger partial charge in [0.05, 0.1) is 18.0 Å². The van der Waals surface area contributed by atoms with Crippen LogP contribution in [0.1, 0.15) is 56.1 Å². The van der Waals surface area contributed by atoms with Crippen molar-refractivity contribution < 1.29 is 33.4 Å². The van der Waals surface area contributed by atoms with E-state index in [1.54, 1.807) is 37.3 Å². The van der Waals surface area contributed by atoms with E-state index in [0.29, 0.717) is 11.1 Å². The van der Waals surface area contributed by atoms with Crippen molar-refractivity contribution in [2.24, 2.45) is 10.8 Å². The van der Waals surface area contributed by atoms with E-state index in [9.17, 15) is 24.6 Å². The first-order chi connectivity index (χ1) is 18.5. The van der Waals surface area contributed by atoms with Crippen LogP contribution in [0.2, 0.25) is 0 Å². The molecule has 0 bridgehead atoms. The summed E-state index contributed by atoms with van der Waals surface area (Å²) in [5.41, 5.74) is -1.13. The summed E-state index contributed by atoms with van der Waals surface area (Å²) < 4.78 is 30.4. The van der Waals surface area contributed by atoms with Crippen LogP contribution in [-0.4, -0.2) is 70.0 Å². The highest BCUT2D eigenvalue weighted by atomic mass is 19.3. The summed E-state index contributed by atoms with van der Waals surface area (Å²) >= 11 is 0. The van der Waals surface area contributed by atoms with Crippen molar-refractivity contribution in [3.8, 4) is 5.75 Å². The number of rotatable bonds is 8. The molecule has 1 unspecified atom stereocenters. The summed E-state index contributed by atoms with van der Waals surface area (Å²) in [6.45, 7) is 8.76. The van der Waals surface area contributed by atoms with Crippen molar-refractivity contribution in [2.75, 3.05) is 13.1 Å². The predicted molar refractivity (Wildman–Crippen MR) is 147 cm³/mol. The molecule has 0 aromatic heterocycles. The van der Waals surface area contributed by atoms with Gasteiger partial charge < -0.3 is 25.7 Å². The zero-order valence-corrected chi connectivity index (χ0v) is 23.8. The quantitative estimate of drug-likeness (QED) is 0.395. The number of benzene rings is 2. The lowest BCUT2D eigenvalue weighted by molar-refractivity contribution is -0.148. The second-order valence-corrected chi connectivity index (χ2v) is 12.2. The van der Waals surface area contributed by atoms with Crippen LogP contribution in [0.3, 0.4) is 0 Å². The molecule has 0 radical (unpaired) electrons. The third kappa shape index (κ3) is 6.60. The average molecular weight is 560 g/mol. The Morgan fingerprint density at radius 1 is 1.07 bits per heavy atom. The minimum Gasteiger partial charge on any atom is -0.508 e. The molecule has 2 aromatic rings. The summed E-state index contributed by atoms with van der Waals surface area (Å²) in [4.78, 5) is 40.8. The van der Waals surface area contributed by atoms with E-state index < -0.39 is 53.8 Å². The number of alkyl halides is 2. The topological polar surface area (TPSA) is 119 Å². The van der Waals surface area contributed by atoms with Gasteiger partial charge in [-0.3, -0.25) is 14.4 Å². The van der Waals surface area contributed by atoms with Crippen LogP contribution >= 0.6 is 0 Å². The number of aliphatic hydroxyl groups excluding tert-OH is 1. The number of aromatic hydroxyl groups is 1. The van der Waals surface area contributed by atoms with Crippen molar-refractivity contribution in [3.63, 3.8) is 0 Å². The zero-order chi connectivity index (χ0) is 30.0. The van der Waals surface area contributed by atoms with Crippen LogP contribution in [0, 0.1) is 17.8 Å². The van der Waals surface area contributed by atoms with Crippen LogP contribution in [-0.2, 0) is 16.0 Å². The number of hydrogen-bond donors (Lipinski definition) is 4. The molecule has 2 aromatic carbocycles. The highest BCUT2D eigenvalue weighted by Gasteiger charge is 2.64. The van der Waals surface area contributed by atoms with Gasteiger partial charge in [0, 0.05) is 17.7 Å². The Balaban J connectivity index is 1.94. The van der Waals surface area contributed by atoms with Crippen LogP contribution in [0.4, 0.5) is 8.78 Å². The molecule has 1 aliphatic rings. The zero-order valence-electron chi connectivity index (χ0n) is 23.8. The van der Waals surface area contributed by atoms with Crippen molar-refractivity contribution in [1.82, 2.24) is 15.5 Å². The van der Waals surface area contributed by atoms with Crippen molar-refractivity contribution in [1.29, 1.82) is 0 Å². The molecule has 1 heterocycles. The fourth-order valence-corrected chi connectivity index (χ4v) is 4.79. The fourth-order valence-electron chi connectivity index (χ4n) is 4.79. The van der Waals surface area contributed by atoms with Gasteiger partial charge in [0.25, 0.3) is 17.7 Å². The summed E-state index contributed by atoms with van der Waals surface area (Å²) in [5, 5.41) is 26.6. The minimum absolute atomic E-state index is 0.00582. The van der Waals surface area contributed by atoms with E-state index in [1.807, 2.05) is 20.8 Å². The molecule has 10 heteroatoms. The molecule has 0 spiro atoms. The Bertz CT molecular complexity index is 1240. The maximum Gasteiger partial charge on any atom is 0.272 e. The van der Waals surface area contributed by atoms with Crippen molar-refractivity contribution in [2.45, 2.75) is 72.1 Å². The number of aliphatic hydroxyl groups is 1. The number of nitrogens with one attached hydrogen (secondary N) is 2. The van der Waals surface area contributed by atoms with Gasteiger partial charge in [0.1, 0.15) is 11.8 Å². The SMILES string of the molecule is Cc1c(O)cccc1C(=O)N[C@@H](Cc1ccccc1)[C@H](O)C(=O)N1CC(F)(F)C(C)(C)C1C(=O)NCC(C)(C)C. The number of carbonyl (C=O) groups is 3. The average Bonchev–Trinajstić information content (AvgIpc) is 3.06. The summed E-state index contributed by atoms with van der Waals surface area (Å²) in [6.07, 6.45) is -1.93. The number of halogens is 2. The van der Waals surface area contributed by atoms with E-state index in [-0.39, 0.29) is 29.7 Å². The Morgan fingerprint density at radius 3 is 2.30 bits per heavy atom. The van der Waals surface area contributed by atoms with Crippen molar-refractivity contribution in [3.05, 3.63) is 65.2 Å². The number of hydrogen-bond acceptors (Lipinski definition) is 5. The Hall–Kier alpha value is -3.53. The molecular weight excluding hydrogens is 520 g/mol. The fraction of sp³-hybridized carbons (Fsp3) is 0.500. The monoisotopic (exact) mass is 559 g/mol. The number of carbonyl (C=O) groups excluding carboxylic acids is 3. The maximum absolute atomic E-state index is 15.2. The van der Waals surface area contributed by atoms with E-state index in [4.69, 9.17) is 0 Å². The second kappa shape index (κ2) is 11.5. The van der Waals surface area contributed by atoms with Gasteiger partial charge in [-0.05, 0) is 36.5 Å². The lowest BCUT2D eigenvalue weighted by Crippen LogP contribution is -2.58. The van der Waals surface area contributed by atoms with Crippen LogP contribution in [0.15, 0.2) is 48.5 Å². The van der Waals surface area contributed by atoms with E-state index in [2.05, 4.69) is 10.6 Å². The van der Waals surface area contributed by atoms with Gasteiger partial charge in [-0.25, -0.2) is 8.78 Å². The molecule has 8 nitrogen and oxygen atoms in total. The van der Waals surface area contributed by atoms with Gasteiger partial charge in [0.2, 0.25) is 5.91 Å². The molecule has 40 heavy (non-hydrogen) atoms. The van der Waals surface area contributed by atoms with Gasteiger partial charge in [-0.1, -0.05) is 71.0 Å². The largest absolute Gasteiger partial charge is 0.508 e. The second-order valence-electron chi connectivity index (χ2n) is 12.2. The molecule has 1 fully saturated rings. The van der Waals surface area contributed by atoms with Crippen LogP contribution < -0.4 is 10.6 Å². The predicted octanol–water partition coefficient (Wildman–Crippen LogP) is 3.44. The summed E-state index contributed by atoms with van der Waals surface area (Å²) in [6, 6.07) is 10.4. The van der Waals surface area contributed by atoms with Crippen molar-refractivity contribution >= 4 is 17.7 Å². The number of nitrogens with zero attached hydrogens (tertiary/aromatic N) is 1. The molecule has 0 aliphatic carbocycles. The smallest absolute Gasteiger partial charge is 0.272 e. The van der Waals surface area contributed by atoms with Gasteiger partial charge in [0.15, 0.2) is 6.10 Å². The van der Waals surface area contributed by atoms with Crippen LogP contribution in [0.25, 0.3) is 0 Å². The van der Waals surface area contributed by atoms with E-state index >= 15 is 8.78 Å². The minimum atomic E-state index is -3.41. The third-order valence-corrected chi connectivity index (χ3v) is 7.43. The molecule has 1 aliphatic heterocycles. The molecule has 4 N–H and O–H groups in total. The Kier molecular flexibility index (Phi) is 8.93. The molecule has 0 saturated carbocycles. The van der Waals surface area contributed by atoms with E-state index in [0.717, 1.165) is 4.90 Å². The molecule has 218 valence electrons. The molecule has 3 amide bonds. The van der Waals surface area contributed by atoms with Crippen LogP contribution in [0.5, 0.6) is 5.75 Å². The number of phenolic OH excluding ortho intramolecular Hbond substituents is 1. The van der Waals surface area contributed by atoms with Gasteiger partial charge >= 0.3 is 0 Å². The lowest BCUT2D eigenvalue weighted by Gasteiger charge is -2.35. The molecule has 3 atom stereocenters. The number of amides is 3. The summed E-state index contributed by atoms with van der Waals surface area (Å²) in [5.74, 6) is -6.00. The standard InChI is InChI=1S/C30H39F2N3O5/c1-18-20(13-10-14-22(18)36)25(38)34-21(15-19-11-8-7-9-12-19)23(37)27(40)35-17-30(31,32)29(5,6)24(35)26(39)33-16-28(2,3)4/h7-14,21,23-24,36-37H,15-17H2,1-6H3,(H,33,39)(H,34,38)/t21-,23-,24?/m0/s1. The molecule has 3 rings (SSSR count). The highest BCUT2D eigenvalue weighted by Crippen LogP contribution is 2.48. The highest BCUT2D eigenvalue weighted by molar-refractivity contribution is 5.97.